The number of carbonyl (C=O) groups excluding carboxylic acids is 1. The summed E-state index contributed by atoms with van der Waals surface area (Å²) < 4.78 is 0. The van der Waals surface area contributed by atoms with E-state index >= 15 is 0 Å². The van der Waals surface area contributed by atoms with Gasteiger partial charge in [0, 0.05) is 6.42 Å². The summed E-state index contributed by atoms with van der Waals surface area (Å²) in [5.74, 6) is -0.0239. The van der Waals surface area contributed by atoms with Crippen LogP contribution in [0.25, 0.3) is 0 Å². The van der Waals surface area contributed by atoms with Crippen molar-refractivity contribution in [1.29, 1.82) is 0 Å². The van der Waals surface area contributed by atoms with Crippen molar-refractivity contribution in [3.05, 3.63) is 12.2 Å². The second-order valence-electron chi connectivity index (χ2n) is 20.1. The van der Waals surface area contributed by atoms with Gasteiger partial charge in [-0.2, -0.15) is 0 Å². The molecule has 370 valence electrons. The normalized spacial score (nSPS) is 12.8. The molecular weight excluding hydrogens is 759 g/mol. The van der Waals surface area contributed by atoms with Gasteiger partial charge in [0.25, 0.3) is 0 Å². The van der Waals surface area contributed by atoms with Crippen LogP contribution in [0.5, 0.6) is 0 Å². The number of aliphatic hydroxyl groups excluding tert-OH is 2. The SMILES string of the molecule is CCCCCCCCCC/C=C\CCCCCCCCCCCCCCCCCCCCCCCCCC(=O)NC(CO)C(O)CCCCCCCCCCCCCCCCC. The van der Waals surface area contributed by atoms with Crippen LogP contribution in [-0.2, 0) is 4.79 Å². The highest BCUT2D eigenvalue weighted by atomic mass is 16.3. The third-order valence-corrected chi connectivity index (χ3v) is 13.8. The van der Waals surface area contributed by atoms with Crippen LogP contribution in [0.2, 0.25) is 0 Å². The zero-order chi connectivity index (χ0) is 44.9. The van der Waals surface area contributed by atoms with E-state index in [1.165, 1.54) is 283 Å². The average Bonchev–Trinajstić information content (AvgIpc) is 3.28. The quantitative estimate of drug-likeness (QED) is 0.0421. The van der Waals surface area contributed by atoms with Gasteiger partial charge in [-0.15, -0.1) is 0 Å². The lowest BCUT2D eigenvalue weighted by atomic mass is 10.0. The van der Waals surface area contributed by atoms with Crippen molar-refractivity contribution in [1.82, 2.24) is 5.32 Å². The Morgan fingerprint density at radius 1 is 0.371 bits per heavy atom. The fourth-order valence-corrected chi connectivity index (χ4v) is 9.36. The van der Waals surface area contributed by atoms with E-state index in [-0.39, 0.29) is 12.5 Å². The minimum Gasteiger partial charge on any atom is -0.394 e. The maximum absolute atomic E-state index is 12.5. The van der Waals surface area contributed by atoms with Gasteiger partial charge in [-0.25, -0.2) is 0 Å². The van der Waals surface area contributed by atoms with Gasteiger partial charge in [-0.1, -0.05) is 302 Å². The lowest BCUT2D eigenvalue weighted by molar-refractivity contribution is -0.123. The van der Waals surface area contributed by atoms with Gasteiger partial charge >= 0.3 is 0 Å². The van der Waals surface area contributed by atoms with Gasteiger partial charge in [0.2, 0.25) is 5.91 Å². The maximum Gasteiger partial charge on any atom is 0.220 e. The molecule has 0 aromatic heterocycles. The first-order valence-electron chi connectivity index (χ1n) is 28.9. The Labute approximate surface area is 390 Å². The molecule has 0 aliphatic heterocycles. The first-order chi connectivity index (χ1) is 30.7. The molecule has 0 aliphatic rings. The standard InChI is InChI=1S/C58H115NO3/c1-3-5-7-9-11-13-15-17-19-20-21-22-23-24-25-26-27-28-29-30-31-32-33-34-35-36-37-38-40-42-44-46-48-50-52-54-58(62)59-56(55-60)57(61)53-51-49-47-45-43-41-39-18-16-14-12-10-8-6-4-2/h20-21,56-57,60-61H,3-19,22-55H2,1-2H3,(H,59,62)/b21-20-. The van der Waals surface area contributed by atoms with E-state index in [9.17, 15) is 15.0 Å². The highest BCUT2D eigenvalue weighted by Crippen LogP contribution is 2.18. The molecule has 0 aromatic rings. The zero-order valence-corrected chi connectivity index (χ0v) is 42.7. The fourth-order valence-electron chi connectivity index (χ4n) is 9.36. The Bertz CT molecular complexity index is 860. The number of aliphatic hydroxyl groups is 2. The van der Waals surface area contributed by atoms with Crippen molar-refractivity contribution in [2.24, 2.45) is 0 Å². The van der Waals surface area contributed by atoms with Crippen LogP contribution >= 0.6 is 0 Å². The molecule has 0 saturated carbocycles. The van der Waals surface area contributed by atoms with E-state index in [0.29, 0.717) is 12.8 Å². The van der Waals surface area contributed by atoms with Gasteiger partial charge in [0.1, 0.15) is 0 Å². The van der Waals surface area contributed by atoms with Gasteiger partial charge in [0.05, 0.1) is 18.8 Å². The molecule has 0 heterocycles. The zero-order valence-electron chi connectivity index (χ0n) is 42.7. The van der Waals surface area contributed by atoms with Crippen molar-refractivity contribution < 1.29 is 15.0 Å². The Hall–Kier alpha value is -0.870. The Balaban J connectivity index is 3.36. The first-order valence-corrected chi connectivity index (χ1v) is 28.9. The highest BCUT2D eigenvalue weighted by Gasteiger charge is 2.20. The maximum atomic E-state index is 12.5. The van der Waals surface area contributed by atoms with Gasteiger partial charge < -0.3 is 15.5 Å². The largest absolute Gasteiger partial charge is 0.394 e. The molecule has 62 heavy (non-hydrogen) atoms. The van der Waals surface area contributed by atoms with E-state index in [4.69, 9.17) is 0 Å². The van der Waals surface area contributed by atoms with Gasteiger partial charge in [-0.3, -0.25) is 4.79 Å². The van der Waals surface area contributed by atoms with Crippen molar-refractivity contribution >= 4 is 5.91 Å². The van der Waals surface area contributed by atoms with Crippen LogP contribution in [-0.4, -0.2) is 34.9 Å². The second-order valence-corrected chi connectivity index (χ2v) is 20.1. The number of rotatable bonds is 54. The van der Waals surface area contributed by atoms with Crippen molar-refractivity contribution in [2.45, 2.75) is 347 Å². The number of amides is 1. The molecule has 0 fully saturated rings. The summed E-state index contributed by atoms with van der Waals surface area (Å²) in [4.78, 5) is 12.5. The summed E-state index contributed by atoms with van der Waals surface area (Å²) in [5.41, 5.74) is 0. The first kappa shape index (κ1) is 61.1. The van der Waals surface area contributed by atoms with E-state index < -0.39 is 12.1 Å². The number of hydrogen-bond donors (Lipinski definition) is 3. The van der Waals surface area contributed by atoms with Crippen molar-refractivity contribution in [2.75, 3.05) is 6.61 Å². The number of unbranched alkanes of at least 4 members (excludes halogenated alkanes) is 45. The molecule has 0 rings (SSSR count). The minimum atomic E-state index is -0.655. The number of carbonyl (C=O) groups is 1. The third-order valence-electron chi connectivity index (χ3n) is 13.8. The Morgan fingerprint density at radius 2 is 0.613 bits per heavy atom. The predicted octanol–water partition coefficient (Wildman–Crippen LogP) is 18.9. The monoisotopic (exact) mass is 874 g/mol. The molecule has 3 N–H and O–H groups in total. The summed E-state index contributed by atoms with van der Waals surface area (Å²) in [6.07, 6.45) is 70.7. The van der Waals surface area contributed by atoms with E-state index in [0.717, 1.165) is 25.7 Å². The summed E-state index contributed by atoms with van der Waals surface area (Å²) in [5, 5.41) is 23.3. The Morgan fingerprint density at radius 3 is 0.887 bits per heavy atom. The van der Waals surface area contributed by atoms with Crippen LogP contribution in [0.4, 0.5) is 0 Å². The van der Waals surface area contributed by atoms with E-state index in [1.54, 1.807) is 0 Å². The predicted molar refractivity (Wildman–Crippen MR) is 276 cm³/mol. The molecule has 2 unspecified atom stereocenters. The summed E-state index contributed by atoms with van der Waals surface area (Å²) >= 11 is 0. The molecule has 4 nitrogen and oxygen atoms in total. The minimum absolute atomic E-state index is 0.0239. The molecule has 0 radical (unpaired) electrons. The molecule has 0 spiro atoms. The highest BCUT2D eigenvalue weighted by molar-refractivity contribution is 5.76. The Kier molecular flexibility index (Phi) is 53.7. The van der Waals surface area contributed by atoms with Crippen molar-refractivity contribution in [3.63, 3.8) is 0 Å². The fraction of sp³-hybridized carbons (Fsp3) is 0.948. The summed E-state index contributed by atoms with van der Waals surface area (Å²) in [6.45, 7) is 4.39. The van der Waals surface area contributed by atoms with Crippen molar-refractivity contribution in [3.8, 4) is 0 Å². The summed E-state index contributed by atoms with van der Waals surface area (Å²) in [6, 6.07) is -0.532. The molecular formula is C58H115NO3. The molecule has 0 aliphatic carbocycles. The van der Waals surface area contributed by atoms with Crippen LogP contribution in [0, 0.1) is 0 Å². The lowest BCUT2D eigenvalue weighted by Gasteiger charge is -2.22. The van der Waals surface area contributed by atoms with Crippen LogP contribution in [0.15, 0.2) is 12.2 Å². The molecule has 0 saturated heterocycles. The molecule has 4 heteroatoms. The molecule has 1 amide bonds. The summed E-state index contributed by atoms with van der Waals surface area (Å²) in [7, 11) is 0. The topological polar surface area (TPSA) is 69.6 Å². The lowest BCUT2D eigenvalue weighted by Crippen LogP contribution is -2.45. The number of hydrogen-bond acceptors (Lipinski definition) is 3. The average molecular weight is 875 g/mol. The van der Waals surface area contributed by atoms with Gasteiger partial charge in [-0.05, 0) is 38.5 Å². The van der Waals surface area contributed by atoms with E-state index in [1.807, 2.05) is 0 Å². The van der Waals surface area contributed by atoms with Gasteiger partial charge in [0.15, 0.2) is 0 Å². The molecule has 2 atom stereocenters. The van der Waals surface area contributed by atoms with Crippen LogP contribution < -0.4 is 5.32 Å². The number of nitrogens with one attached hydrogen (secondary N) is 1. The molecule has 0 aromatic carbocycles. The second kappa shape index (κ2) is 54.5. The number of allylic oxidation sites excluding steroid dienone is 2. The van der Waals surface area contributed by atoms with Crippen LogP contribution in [0.3, 0.4) is 0 Å². The van der Waals surface area contributed by atoms with Crippen LogP contribution in [0.1, 0.15) is 335 Å². The third kappa shape index (κ3) is 50.1. The smallest absolute Gasteiger partial charge is 0.220 e. The van der Waals surface area contributed by atoms with E-state index in [2.05, 4.69) is 31.3 Å². The molecule has 0 bridgehead atoms.